The number of nitrogens with zero attached hydrogens (tertiary/aromatic N) is 2. The van der Waals surface area contributed by atoms with Gasteiger partial charge in [-0.1, -0.05) is 13.8 Å². The maximum atomic E-state index is 12.6. The van der Waals surface area contributed by atoms with Crippen molar-refractivity contribution in [3.8, 4) is 0 Å². The highest BCUT2D eigenvalue weighted by Gasteiger charge is 2.40. The van der Waals surface area contributed by atoms with Gasteiger partial charge in [0.05, 0.1) is 25.1 Å². The third-order valence-corrected chi connectivity index (χ3v) is 4.66. The van der Waals surface area contributed by atoms with Gasteiger partial charge in [-0.3, -0.25) is 4.79 Å². The van der Waals surface area contributed by atoms with Crippen LogP contribution >= 0.6 is 0 Å². The number of amides is 1. The van der Waals surface area contributed by atoms with Crippen LogP contribution in [0.4, 0.5) is 5.69 Å². The maximum Gasteiger partial charge on any atom is 0.272 e. The van der Waals surface area contributed by atoms with Crippen molar-refractivity contribution in [3.05, 3.63) is 24.0 Å². The largest absolute Gasteiger partial charge is 0.384 e. The topological polar surface area (TPSA) is 63.7 Å². The molecule has 1 aromatic rings. The fraction of sp³-hybridized carbons (Fsp3) is 0.667. The SMILES string of the molecule is CC(C)CCNc1ccc(C(=O)N2CCC3(CC2)OCCO3)nc1. The smallest absolute Gasteiger partial charge is 0.272 e. The van der Waals surface area contributed by atoms with Crippen molar-refractivity contribution < 1.29 is 14.3 Å². The second-order valence-electron chi connectivity index (χ2n) is 6.94. The molecule has 132 valence electrons. The molecule has 2 aliphatic rings. The van der Waals surface area contributed by atoms with Crippen molar-refractivity contribution in [3.63, 3.8) is 0 Å². The van der Waals surface area contributed by atoms with Gasteiger partial charge in [-0.25, -0.2) is 4.98 Å². The Morgan fingerprint density at radius 1 is 1.29 bits per heavy atom. The standard InChI is InChI=1S/C18H27N3O3/c1-14(2)5-8-19-15-3-4-16(20-13-15)17(22)21-9-6-18(7-10-21)23-11-12-24-18/h3-4,13-14,19H,5-12H2,1-2H3. The lowest BCUT2D eigenvalue weighted by atomic mass is 10.0. The molecule has 6 heteroatoms. The first-order valence-electron chi connectivity index (χ1n) is 8.85. The molecule has 2 fully saturated rings. The molecule has 0 radical (unpaired) electrons. The number of nitrogens with one attached hydrogen (secondary N) is 1. The molecule has 0 atom stereocenters. The summed E-state index contributed by atoms with van der Waals surface area (Å²) in [7, 11) is 0. The van der Waals surface area contributed by atoms with E-state index in [-0.39, 0.29) is 5.91 Å². The number of carbonyl (C=O) groups excluding carboxylic acids is 1. The number of pyridine rings is 1. The third kappa shape index (κ3) is 4.05. The average molecular weight is 333 g/mol. The summed E-state index contributed by atoms with van der Waals surface area (Å²) in [5, 5.41) is 3.33. The summed E-state index contributed by atoms with van der Waals surface area (Å²) in [5.74, 6) is 0.201. The molecule has 6 nitrogen and oxygen atoms in total. The number of hydrogen-bond acceptors (Lipinski definition) is 5. The van der Waals surface area contributed by atoms with Gasteiger partial charge in [0.25, 0.3) is 5.91 Å². The van der Waals surface area contributed by atoms with Crippen LogP contribution in [0, 0.1) is 5.92 Å². The number of anilines is 1. The summed E-state index contributed by atoms with van der Waals surface area (Å²) in [6.07, 6.45) is 4.31. The highest BCUT2D eigenvalue weighted by molar-refractivity contribution is 5.92. The number of ether oxygens (including phenoxy) is 2. The van der Waals surface area contributed by atoms with Gasteiger partial charge in [0.15, 0.2) is 5.79 Å². The third-order valence-electron chi connectivity index (χ3n) is 4.66. The van der Waals surface area contributed by atoms with Gasteiger partial charge in [0.2, 0.25) is 0 Å². The first-order chi connectivity index (χ1) is 11.6. The molecule has 0 saturated carbocycles. The van der Waals surface area contributed by atoms with E-state index in [0.29, 0.717) is 37.9 Å². The van der Waals surface area contributed by atoms with Crippen LogP contribution in [0.1, 0.15) is 43.6 Å². The Morgan fingerprint density at radius 2 is 2.00 bits per heavy atom. The van der Waals surface area contributed by atoms with Gasteiger partial charge >= 0.3 is 0 Å². The van der Waals surface area contributed by atoms with Crippen molar-refractivity contribution in [1.82, 2.24) is 9.88 Å². The van der Waals surface area contributed by atoms with E-state index in [4.69, 9.17) is 9.47 Å². The molecule has 2 saturated heterocycles. The number of likely N-dealkylation sites (tertiary alicyclic amines) is 1. The molecule has 1 N–H and O–H groups in total. The Balaban J connectivity index is 1.52. The summed E-state index contributed by atoms with van der Waals surface area (Å²) in [6, 6.07) is 3.72. The van der Waals surface area contributed by atoms with Crippen LogP contribution in [-0.2, 0) is 9.47 Å². The van der Waals surface area contributed by atoms with Crippen LogP contribution in [0.5, 0.6) is 0 Å². The summed E-state index contributed by atoms with van der Waals surface area (Å²) in [5.41, 5.74) is 1.45. The average Bonchev–Trinajstić information content (AvgIpc) is 3.03. The maximum absolute atomic E-state index is 12.6. The first-order valence-corrected chi connectivity index (χ1v) is 8.85. The summed E-state index contributed by atoms with van der Waals surface area (Å²) in [6.45, 7) is 7.92. The Labute approximate surface area is 143 Å². The molecule has 0 aliphatic carbocycles. The second-order valence-corrected chi connectivity index (χ2v) is 6.94. The molecule has 2 aliphatic heterocycles. The zero-order chi connectivity index (χ0) is 17.0. The Morgan fingerprint density at radius 3 is 2.58 bits per heavy atom. The lowest BCUT2D eigenvalue weighted by molar-refractivity contribution is -0.181. The molecule has 3 rings (SSSR count). The van der Waals surface area contributed by atoms with Gasteiger partial charge < -0.3 is 19.7 Å². The minimum absolute atomic E-state index is 0.0171. The van der Waals surface area contributed by atoms with Crippen LogP contribution in [0.25, 0.3) is 0 Å². The molecule has 3 heterocycles. The monoisotopic (exact) mass is 333 g/mol. The van der Waals surface area contributed by atoms with Gasteiger partial charge in [-0.15, -0.1) is 0 Å². The van der Waals surface area contributed by atoms with Crippen LogP contribution < -0.4 is 5.32 Å². The van der Waals surface area contributed by atoms with Crippen molar-refractivity contribution >= 4 is 11.6 Å². The predicted molar refractivity (Wildman–Crippen MR) is 92.0 cm³/mol. The predicted octanol–water partition coefficient (Wildman–Crippen LogP) is 2.52. The van der Waals surface area contributed by atoms with Crippen molar-refractivity contribution in [2.24, 2.45) is 5.92 Å². The minimum Gasteiger partial charge on any atom is -0.384 e. The first kappa shape index (κ1) is 17.2. The van der Waals surface area contributed by atoms with E-state index < -0.39 is 5.79 Å². The highest BCUT2D eigenvalue weighted by Crippen LogP contribution is 2.31. The minimum atomic E-state index is -0.450. The summed E-state index contributed by atoms with van der Waals surface area (Å²) in [4.78, 5) is 18.7. The lowest BCUT2D eigenvalue weighted by Crippen LogP contribution is -2.47. The zero-order valence-corrected chi connectivity index (χ0v) is 14.6. The van der Waals surface area contributed by atoms with E-state index >= 15 is 0 Å². The van der Waals surface area contributed by atoms with Crippen molar-refractivity contribution in [1.29, 1.82) is 0 Å². The molecule has 0 aromatic carbocycles. The number of hydrogen-bond donors (Lipinski definition) is 1. The number of aromatic nitrogens is 1. The number of piperidine rings is 1. The fourth-order valence-corrected chi connectivity index (χ4v) is 3.13. The van der Waals surface area contributed by atoms with Crippen LogP contribution in [0.15, 0.2) is 18.3 Å². The Kier molecular flexibility index (Phi) is 5.36. The van der Waals surface area contributed by atoms with E-state index in [1.165, 1.54) is 0 Å². The summed E-state index contributed by atoms with van der Waals surface area (Å²) >= 11 is 0. The quantitative estimate of drug-likeness (QED) is 0.897. The highest BCUT2D eigenvalue weighted by atomic mass is 16.7. The van der Waals surface area contributed by atoms with Crippen molar-refractivity contribution in [2.75, 3.05) is 38.2 Å². The molecule has 0 unspecified atom stereocenters. The molecule has 24 heavy (non-hydrogen) atoms. The van der Waals surface area contributed by atoms with Gasteiger partial charge in [0.1, 0.15) is 5.69 Å². The van der Waals surface area contributed by atoms with Gasteiger partial charge in [-0.2, -0.15) is 0 Å². The Bertz CT molecular complexity index is 543. The van der Waals surface area contributed by atoms with E-state index in [0.717, 1.165) is 31.5 Å². The van der Waals surface area contributed by atoms with Crippen LogP contribution in [0.3, 0.4) is 0 Å². The fourth-order valence-electron chi connectivity index (χ4n) is 3.13. The molecular weight excluding hydrogens is 306 g/mol. The van der Waals surface area contributed by atoms with E-state index in [9.17, 15) is 4.79 Å². The van der Waals surface area contributed by atoms with Gasteiger partial charge in [0, 0.05) is 32.5 Å². The molecule has 1 amide bonds. The van der Waals surface area contributed by atoms with E-state index in [1.54, 1.807) is 12.3 Å². The second kappa shape index (κ2) is 7.49. The molecule has 0 bridgehead atoms. The number of carbonyl (C=O) groups is 1. The lowest BCUT2D eigenvalue weighted by Gasteiger charge is -2.37. The van der Waals surface area contributed by atoms with E-state index in [2.05, 4.69) is 24.1 Å². The van der Waals surface area contributed by atoms with Crippen molar-refractivity contribution in [2.45, 2.75) is 38.9 Å². The molecule has 1 aromatic heterocycles. The summed E-state index contributed by atoms with van der Waals surface area (Å²) < 4.78 is 11.4. The molecular formula is C18H27N3O3. The zero-order valence-electron chi connectivity index (χ0n) is 14.6. The Hall–Kier alpha value is -1.66. The van der Waals surface area contributed by atoms with Crippen LogP contribution in [0.2, 0.25) is 0 Å². The normalized spacial score (nSPS) is 19.9. The van der Waals surface area contributed by atoms with Gasteiger partial charge in [-0.05, 0) is 24.5 Å². The molecule has 1 spiro atoms. The number of rotatable bonds is 5. The van der Waals surface area contributed by atoms with E-state index in [1.807, 2.05) is 11.0 Å². The van der Waals surface area contributed by atoms with Crippen LogP contribution in [-0.4, -0.2) is 54.4 Å².